The quantitative estimate of drug-likeness (QED) is 0.829. The Morgan fingerprint density at radius 3 is 2.79 bits per heavy atom. The maximum absolute atomic E-state index is 13.0. The van der Waals surface area contributed by atoms with Gasteiger partial charge < -0.3 is 14.9 Å². The number of fused-ring (bicyclic) bond motifs is 1. The Morgan fingerprint density at radius 2 is 2.08 bits per heavy atom. The highest BCUT2D eigenvalue weighted by Gasteiger charge is 2.24. The van der Waals surface area contributed by atoms with E-state index in [2.05, 4.69) is 11.5 Å². The van der Waals surface area contributed by atoms with Gasteiger partial charge in [-0.15, -0.1) is 6.58 Å². The first kappa shape index (κ1) is 16.5. The van der Waals surface area contributed by atoms with E-state index >= 15 is 0 Å². The number of hydrogen-bond donors (Lipinski definition) is 1. The van der Waals surface area contributed by atoms with Gasteiger partial charge in [-0.2, -0.15) is 0 Å². The predicted molar refractivity (Wildman–Crippen MR) is 96.4 cm³/mol. The highest BCUT2D eigenvalue weighted by molar-refractivity contribution is 6.02. The molecule has 0 aliphatic carbocycles. The van der Waals surface area contributed by atoms with Gasteiger partial charge in [-0.1, -0.05) is 24.3 Å². The average Bonchev–Trinajstić information content (AvgIpc) is 3.14. The Balaban J connectivity index is 2.07. The normalized spacial score (nSPS) is 14.1. The van der Waals surface area contributed by atoms with Crippen molar-refractivity contribution < 1.29 is 9.90 Å². The zero-order chi connectivity index (χ0) is 16.9. The van der Waals surface area contributed by atoms with Crippen LogP contribution in [0, 0.1) is 0 Å². The molecule has 2 aromatic rings. The van der Waals surface area contributed by atoms with E-state index in [4.69, 9.17) is 4.98 Å². The molecular formula is C19H23N3O2. The minimum Gasteiger partial charge on any atom is -0.395 e. The van der Waals surface area contributed by atoms with Crippen LogP contribution in [-0.2, 0) is 0 Å². The number of aliphatic hydroxyl groups excluding tert-OH is 1. The fourth-order valence-corrected chi connectivity index (χ4v) is 3.16. The summed E-state index contributed by atoms with van der Waals surface area (Å²) in [4.78, 5) is 21.6. The Kier molecular flexibility index (Phi) is 5.11. The Labute approximate surface area is 142 Å². The second-order valence-electron chi connectivity index (χ2n) is 6.01. The largest absolute Gasteiger partial charge is 0.395 e. The van der Waals surface area contributed by atoms with Crippen LogP contribution in [-0.4, -0.2) is 53.7 Å². The van der Waals surface area contributed by atoms with Gasteiger partial charge in [0.15, 0.2) is 0 Å². The Hall–Kier alpha value is -2.40. The van der Waals surface area contributed by atoms with Crippen molar-refractivity contribution in [3.8, 4) is 0 Å². The van der Waals surface area contributed by atoms with Gasteiger partial charge in [0.1, 0.15) is 5.82 Å². The lowest BCUT2D eigenvalue weighted by molar-refractivity contribution is 0.0743. The summed E-state index contributed by atoms with van der Waals surface area (Å²) in [5, 5.41) is 10.2. The van der Waals surface area contributed by atoms with Crippen LogP contribution in [0.2, 0.25) is 0 Å². The molecule has 126 valence electrons. The fraction of sp³-hybridized carbons (Fsp3) is 0.368. The Bertz CT molecular complexity index is 738. The lowest BCUT2D eigenvalue weighted by Gasteiger charge is -2.25. The predicted octanol–water partition coefficient (Wildman–Crippen LogP) is 2.46. The van der Waals surface area contributed by atoms with E-state index in [-0.39, 0.29) is 19.1 Å². The number of carbonyl (C=O) groups excluding carboxylic acids is 1. The number of pyridine rings is 1. The summed E-state index contributed by atoms with van der Waals surface area (Å²) in [6, 6.07) is 9.77. The maximum atomic E-state index is 13.0. The van der Waals surface area contributed by atoms with E-state index in [0.717, 1.165) is 42.7 Å². The molecule has 1 amide bonds. The third kappa shape index (κ3) is 3.26. The average molecular weight is 325 g/mol. The summed E-state index contributed by atoms with van der Waals surface area (Å²) in [5.74, 6) is 0.646. The number of para-hydroxylation sites is 1. The number of hydrogen-bond acceptors (Lipinski definition) is 4. The van der Waals surface area contributed by atoms with Crippen LogP contribution >= 0.6 is 0 Å². The number of benzene rings is 1. The molecule has 1 aliphatic rings. The van der Waals surface area contributed by atoms with Gasteiger partial charge in [-0.3, -0.25) is 4.79 Å². The van der Waals surface area contributed by atoms with E-state index in [0.29, 0.717) is 12.1 Å². The summed E-state index contributed by atoms with van der Waals surface area (Å²) in [6.45, 7) is 6.18. The maximum Gasteiger partial charge on any atom is 0.257 e. The number of aromatic nitrogens is 1. The highest BCUT2D eigenvalue weighted by Crippen LogP contribution is 2.27. The van der Waals surface area contributed by atoms with E-state index in [1.165, 1.54) is 0 Å². The van der Waals surface area contributed by atoms with Gasteiger partial charge in [0.2, 0.25) is 0 Å². The van der Waals surface area contributed by atoms with Crippen molar-refractivity contribution >= 4 is 22.6 Å². The second-order valence-corrected chi connectivity index (χ2v) is 6.01. The third-order valence-corrected chi connectivity index (χ3v) is 4.35. The molecule has 5 nitrogen and oxygen atoms in total. The van der Waals surface area contributed by atoms with Crippen LogP contribution in [0.1, 0.15) is 23.2 Å². The SMILES string of the molecule is C=CCN(CCO)C(=O)c1cc2ccccc2nc1N1CCCC1. The molecule has 0 spiro atoms. The molecule has 0 unspecified atom stereocenters. The highest BCUT2D eigenvalue weighted by atomic mass is 16.3. The fourth-order valence-electron chi connectivity index (χ4n) is 3.16. The minimum atomic E-state index is -0.107. The number of anilines is 1. The van der Waals surface area contributed by atoms with Crippen molar-refractivity contribution in [2.45, 2.75) is 12.8 Å². The number of aliphatic hydroxyl groups is 1. The van der Waals surface area contributed by atoms with E-state index in [1.54, 1.807) is 11.0 Å². The molecule has 1 aromatic carbocycles. The second kappa shape index (κ2) is 7.45. The van der Waals surface area contributed by atoms with Crippen molar-refractivity contribution in [2.75, 3.05) is 37.7 Å². The number of rotatable bonds is 6. The lowest BCUT2D eigenvalue weighted by atomic mass is 10.1. The zero-order valence-electron chi connectivity index (χ0n) is 13.8. The first-order valence-corrected chi connectivity index (χ1v) is 8.40. The smallest absolute Gasteiger partial charge is 0.257 e. The molecule has 0 bridgehead atoms. The van der Waals surface area contributed by atoms with Crippen molar-refractivity contribution in [1.29, 1.82) is 0 Å². The first-order valence-electron chi connectivity index (χ1n) is 8.40. The van der Waals surface area contributed by atoms with Gasteiger partial charge in [0, 0.05) is 31.6 Å². The van der Waals surface area contributed by atoms with Gasteiger partial charge in [-0.25, -0.2) is 4.98 Å². The first-order chi connectivity index (χ1) is 11.7. The molecule has 1 fully saturated rings. The summed E-state index contributed by atoms with van der Waals surface area (Å²) in [5.41, 5.74) is 1.50. The molecule has 3 rings (SSSR count). The van der Waals surface area contributed by atoms with Crippen molar-refractivity contribution in [3.63, 3.8) is 0 Å². The molecule has 2 heterocycles. The van der Waals surface area contributed by atoms with Gasteiger partial charge in [-0.05, 0) is 25.0 Å². The van der Waals surface area contributed by atoms with Crippen LogP contribution in [0.4, 0.5) is 5.82 Å². The summed E-state index contributed by atoms with van der Waals surface area (Å²) < 4.78 is 0. The molecule has 1 aromatic heterocycles. The monoisotopic (exact) mass is 325 g/mol. The molecule has 5 heteroatoms. The van der Waals surface area contributed by atoms with Crippen LogP contribution in [0.3, 0.4) is 0 Å². The molecule has 0 atom stereocenters. The van der Waals surface area contributed by atoms with Crippen LogP contribution in [0.25, 0.3) is 10.9 Å². The standard InChI is InChI=1S/C19H23N3O2/c1-2-9-22(12-13-23)19(24)16-14-15-7-3-4-8-17(15)20-18(16)21-10-5-6-11-21/h2-4,7-8,14,23H,1,5-6,9-13H2. The minimum absolute atomic E-state index is 0.0698. The molecule has 0 saturated carbocycles. The van der Waals surface area contributed by atoms with Crippen LogP contribution in [0.5, 0.6) is 0 Å². The number of nitrogens with zero attached hydrogens (tertiary/aromatic N) is 3. The summed E-state index contributed by atoms with van der Waals surface area (Å²) >= 11 is 0. The van der Waals surface area contributed by atoms with E-state index in [9.17, 15) is 9.90 Å². The van der Waals surface area contributed by atoms with Crippen LogP contribution in [0.15, 0.2) is 43.0 Å². The molecule has 1 saturated heterocycles. The zero-order valence-corrected chi connectivity index (χ0v) is 13.8. The molecule has 1 N–H and O–H groups in total. The van der Waals surface area contributed by atoms with E-state index in [1.807, 2.05) is 30.3 Å². The summed E-state index contributed by atoms with van der Waals surface area (Å²) in [6.07, 6.45) is 3.92. The van der Waals surface area contributed by atoms with Gasteiger partial charge >= 0.3 is 0 Å². The topological polar surface area (TPSA) is 56.7 Å². The molecule has 24 heavy (non-hydrogen) atoms. The van der Waals surface area contributed by atoms with E-state index < -0.39 is 0 Å². The molecule has 0 radical (unpaired) electrons. The Morgan fingerprint density at radius 1 is 1.33 bits per heavy atom. The lowest BCUT2D eigenvalue weighted by Crippen LogP contribution is -2.35. The third-order valence-electron chi connectivity index (χ3n) is 4.35. The van der Waals surface area contributed by atoms with Crippen molar-refractivity contribution in [1.82, 2.24) is 9.88 Å². The molecular weight excluding hydrogens is 302 g/mol. The van der Waals surface area contributed by atoms with Gasteiger partial charge in [0.05, 0.1) is 17.7 Å². The summed E-state index contributed by atoms with van der Waals surface area (Å²) in [7, 11) is 0. The number of carbonyl (C=O) groups is 1. The van der Waals surface area contributed by atoms with Crippen molar-refractivity contribution in [2.24, 2.45) is 0 Å². The van der Waals surface area contributed by atoms with Gasteiger partial charge in [0.25, 0.3) is 5.91 Å². The number of amides is 1. The van der Waals surface area contributed by atoms with Crippen molar-refractivity contribution in [3.05, 3.63) is 48.6 Å². The molecule has 1 aliphatic heterocycles. The van der Waals surface area contributed by atoms with Crippen LogP contribution < -0.4 is 4.90 Å².